The molecule has 3 aliphatic heterocycles. The minimum Gasteiger partial charge on any atom is -0.376 e. The molecule has 0 N–H and O–H groups in total. The topological polar surface area (TPSA) is 62.3 Å². The number of ether oxygens (including phenoxy) is 2. The molecular formula is C20H25F2N3O4. The van der Waals surface area contributed by atoms with E-state index in [-0.39, 0.29) is 38.8 Å². The number of amides is 2. The number of morpholine rings is 1. The van der Waals surface area contributed by atoms with Crippen LogP contribution in [0.15, 0.2) is 30.3 Å². The van der Waals surface area contributed by atoms with Crippen LogP contribution in [0, 0.1) is 0 Å². The van der Waals surface area contributed by atoms with Gasteiger partial charge >= 0.3 is 12.0 Å². The number of likely N-dealkylation sites (tertiary alicyclic amines) is 1. The van der Waals surface area contributed by atoms with E-state index in [0.29, 0.717) is 12.2 Å². The van der Waals surface area contributed by atoms with Crippen molar-refractivity contribution in [1.82, 2.24) is 9.80 Å². The fraction of sp³-hybridized carbons (Fsp3) is 0.600. The Labute approximate surface area is 168 Å². The van der Waals surface area contributed by atoms with Crippen molar-refractivity contribution < 1.29 is 27.8 Å². The lowest BCUT2D eigenvalue weighted by Gasteiger charge is -2.45. The summed E-state index contributed by atoms with van der Waals surface area (Å²) in [7, 11) is 0. The number of carbonyl (C=O) groups excluding carboxylic acids is 2. The molecule has 0 saturated carbocycles. The van der Waals surface area contributed by atoms with Gasteiger partial charge in [0.05, 0.1) is 32.8 Å². The first-order valence-electron chi connectivity index (χ1n) is 9.91. The van der Waals surface area contributed by atoms with E-state index < -0.39 is 17.6 Å². The van der Waals surface area contributed by atoms with Crippen molar-refractivity contribution in [2.45, 2.75) is 24.6 Å². The summed E-state index contributed by atoms with van der Waals surface area (Å²) >= 11 is 0. The monoisotopic (exact) mass is 409 g/mol. The van der Waals surface area contributed by atoms with Crippen LogP contribution in [-0.2, 0) is 19.1 Å². The van der Waals surface area contributed by atoms with Crippen molar-refractivity contribution in [3.8, 4) is 0 Å². The molecule has 1 unspecified atom stereocenters. The maximum atomic E-state index is 14.6. The molecule has 1 aromatic carbocycles. The van der Waals surface area contributed by atoms with Gasteiger partial charge in [0.15, 0.2) is 0 Å². The number of hydrogen-bond donors (Lipinski definition) is 0. The van der Waals surface area contributed by atoms with E-state index in [2.05, 4.69) is 4.90 Å². The molecule has 0 bridgehead atoms. The second-order valence-electron chi connectivity index (χ2n) is 7.88. The molecule has 4 rings (SSSR count). The van der Waals surface area contributed by atoms with Crippen molar-refractivity contribution in [1.29, 1.82) is 0 Å². The predicted octanol–water partition coefficient (Wildman–Crippen LogP) is 1.34. The molecule has 0 radical (unpaired) electrons. The van der Waals surface area contributed by atoms with Gasteiger partial charge in [-0.15, -0.1) is 0 Å². The number of para-hydroxylation sites is 1. The Morgan fingerprint density at radius 2 is 1.79 bits per heavy atom. The molecule has 3 fully saturated rings. The number of nitrogens with zero attached hydrogens (tertiary/aromatic N) is 3. The number of hydrogen-bond acceptors (Lipinski definition) is 5. The zero-order valence-electron chi connectivity index (χ0n) is 16.2. The lowest BCUT2D eigenvalue weighted by molar-refractivity contribution is -0.293. The van der Waals surface area contributed by atoms with Gasteiger partial charge in [-0.05, 0) is 38.1 Å². The highest BCUT2D eigenvalue weighted by Crippen LogP contribution is 2.36. The molecule has 0 aromatic heterocycles. The number of halogens is 2. The van der Waals surface area contributed by atoms with Gasteiger partial charge in [0.2, 0.25) is 5.91 Å². The standard InChI is InChI=1S/C20H25F2N3O4/c21-20(22)18(27)25(16-6-2-1-3-7-16)14-19(29-20)13-24(10-11-28-15-19)17(26)12-23-8-4-5-9-23/h1-3,6-7H,4-5,8-15H2. The average molecular weight is 409 g/mol. The zero-order valence-corrected chi connectivity index (χ0v) is 16.2. The second kappa shape index (κ2) is 7.97. The Morgan fingerprint density at radius 1 is 1.07 bits per heavy atom. The zero-order chi connectivity index (χ0) is 20.5. The summed E-state index contributed by atoms with van der Waals surface area (Å²) < 4.78 is 39.7. The smallest absolute Gasteiger partial charge is 0.376 e. The summed E-state index contributed by atoms with van der Waals surface area (Å²) in [5.41, 5.74) is -1.14. The number of carbonyl (C=O) groups is 2. The van der Waals surface area contributed by atoms with E-state index >= 15 is 0 Å². The third-order valence-electron chi connectivity index (χ3n) is 5.61. The normalized spacial score (nSPS) is 28.0. The van der Waals surface area contributed by atoms with Crippen molar-refractivity contribution in [2.24, 2.45) is 0 Å². The molecule has 1 aromatic rings. The van der Waals surface area contributed by atoms with Crippen LogP contribution in [0.2, 0.25) is 0 Å². The third kappa shape index (κ3) is 4.26. The van der Waals surface area contributed by atoms with Gasteiger partial charge in [0.1, 0.15) is 5.60 Å². The fourth-order valence-electron chi connectivity index (χ4n) is 4.19. The summed E-state index contributed by atoms with van der Waals surface area (Å²) in [6, 6.07) is 8.30. The van der Waals surface area contributed by atoms with Crippen LogP contribution in [0.4, 0.5) is 14.5 Å². The molecule has 0 aliphatic carbocycles. The highest BCUT2D eigenvalue weighted by molar-refractivity contribution is 5.98. The SMILES string of the molecule is O=C(CN1CCCC1)N1CCOCC2(C1)CN(c1ccccc1)C(=O)C(F)(F)O2. The molecule has 7 nitrogen and oxygen atoms in total. The Kier molecular flexibility index (Phi) is 5.54. The predicted molar refractivity (Wildman–Crippen MR) is 101 cm³/mol. The number of anilines is 1. The maximum absolute atomic E-state index is 14.6. The van der Waals surface area contributed by atoms with Crippen LogP contribution in [0.25, 0.3) is 0 Å². The molecule has 3 aliphatic rings. The average Bonchev–Trinajstić information content (AvgIpc) is 3.12. The quantitative estimate of drug-likeness (QED) is 0.754. The first-order chi connectivity index (χ1) is 13.9. The Bertz CT molecular complexity index is 757. The lowest BCUT2D eigenvalue weighted by Crippen LogP contribution is -2.67. The van der Waals surface area contributed by atoms with Gasteiger partial charge < -0.3 is 14.5 Å². The van der Waals surface area contributed by atoms with E-state index in [9.17, 15) is 18.4 Å². The van der Waals surface area contributed by atoms with Crippen molar-refractivity contribution in [3.63, 3.8) is 0 Å². The van der Waals surface area contributed by atoms with Crippen LogP contribution in [0.5, 0.6) is 0 Å². The molecule has 3 saturated heterocycles. The summed E-state index contributed by atoms with van der Waals surface area (Å²) in [5, 5.41) is 0. The van der Waals surface area contributed by atoms with E-state index in [0.717, 1.165) is 30.8 Å². The first kappa shape index (κ1) is 20.2. The molecule has 2 amide bonds. The van der Waals surface area contributed by atoms with Crippen LogP contribution in [0.3, 0.4) is 0 Å². The largest absolute Gasteiger partial charge is 0.437 e. The maximum Gasteiger partial charge on any atom is 0.437 e. The van der Waals surface area contributed by atoms with Gasteiger partial charge in [-0.1, -0.05) is 18.2 Å². The third-order valence-corrected chi connectivity index (χ3v) is 5.61. The Hall–Kier alpha value is -2.10. The Balaban J connectivity index is 1.56. The Morgan fingerprint density at radius 3 is 2.52 bits per heavy atom. The minimum atomic E-state index is -3.99. The number of benzene rings is 1. The first-order valence-corrected chi connectivity index (χ1v) is 9.91. The van der Waals surface area contributed by atoms with Crippen LogP contribution < -0.4 is 4.90 Å². The van der Waals surface area contributed by atoms with E-state index in [1.165, 1.54) is 4.90 Å². The van der Waals surface area contributed by atoms with Gasteiger partial charge in [-0.25, -0.2) is 0 Å². The van der Waals surface area contributed by atoms with E-state index in [1.807, 2.05) is 0 Å². The molecule has 1 spiro atoms. The summed E-state index contributed by atoms with van der Waals surface area (Å²) in [6.45, 7) is 2.26. The molecular weight excluding hydrogens is 384 g/mol. The summed E-state index contributed by atoms with van der Waals surface area (Å²) in [6.07, 6.45) is -1.88. The van der Waals surface area contributed by atoms with E-state index in [1.54, 1.807) is 30.3 Å². The van der Waals surface area contributed by atoms with Crippen LogP contribution >= 0.6 is 0 Å². The van der Waals surface area contributed by atoms with Gasteiger partial charge in [0, 0.05) is 12.2 Å². The minimum absolute atomic E-state index is 0.0497. The van der Waals surface area contributed by atoms with Crippen molar-refractivity contribution >= 4 is 17.5 Å². The fourth-order valence-corrected chi connectivity index (χ4v) is 4.19. The molecule has 3 heterocycles. The lowest BCUT2D eigenvalue weighted by atomic mass is 10.00. The number of alkyl halides is 2. The molecule has 158 valence electrons. The van der Waals surface area contributed by atoms with Crippen LogP contribution in [0.1, 0.15) is 12.8 Å². The van der Waals surface area contributed by atoms with Crippen molar-refractivity contribution in [3.05, 3.63) is 30.3 Å². The van der Waals surface area contributed by atoms with Gasteiger partial charge in [0.25, 0.3) is 0 Å². The second-order valence-corrected chi connectivity index (χ2v) is 7.88. The highest BCUT2D eigenvalue weighted by atomic mass is 19.3. The highest BCUT2D eigenvalue weighted by Gasteiger charge is 2.58. The molecule has 1 atom stereocenters. The van der Waals surface area contributed by atoms with Gasteiger partial charge in [-0.3, -0.25) is 19.2 Å². The number of rotatable bonds is 3. The van der Waals surface area contributed by atoms with Gasteiger partial charge in [-0.2, -0.15) is 8.78 Å². The van der Waals surface area contributed by atoms with Crippen molar-refractivity contribution in [2.75, 3.05) is 57.4 Å². The molecule has 9 heteroatoms. The van der Waals surface area contributed by atoms with Crippen LogP contribution in [-0.4, -0.2) is 85.8 Å². The summed E-state index contributed by atoms with van der Waals surface area (Å²) in [4.78, 5) is 29.8. The van der Waals surface area contributed by atoms with E-state index in [4.69, 9.17) is 9.47 Å². The molecule has 29 heavy (non-hydrogen) atoms. The summed E-state index contributed by atoms with van der Waals surface area (Å²) in [5.74, 6) is -1.54.